The first kappa shape index (κ1) is 18.9. The number of fused-ring (bicyclic) bond motifs is 1. The summed E-state index contributed by atoms with van der Waals surface area (Å²) in [4.78, 5) is 17.0. The summed E-state index contributed by atoms with van der Waals surface area (Å²) >= 11 is 0. The Morgan fingerprint density at radius 3 is 2.45 bits per heavy atom. The predicted molar refractivity (Wildman–Crippen MR) is 117 cm³/mol. The van der Waals surface area contributed by atoms with E-state index in [1.807, 2.05) is 60.7 Å². The molecule has 4 heteroatoms. The molecule has 1 N–H and O–H groups in total. The molecule has 29 heavy (non-hydrogen) atoms. The maximum Gasteiger partial charge on any atom is 0.228 e. The fraction of sp³-hybridized carbons (Fsp3) is 0.200. The number of nitrogens with zero attached hydrogens (tertiary/aromatic N) is 1. The molecule has 1 heterocycles. The lowest BCUT2D eigenvalue weighted by Crippen LogP contribution is -2.15. The van der Waals surface area contributed by atoms with Gasteiger partial charge in [-0.1, -0.05) is 63.2 Å². The number of amides is 1. The molecule has 4 rings (SSSR count). The Labute approximate surface area is 170 Å². The molecule has 0 atom stereocenters. The second kappa shape index (κ2) is 7.55. The highest BCUT2D eigenvalue weighted by Gasteiger charge is 2.14. The largest absolute Gasteiger partial charge is 0.436 e. The molecule has 0 spiro atoms. The zero-order valence-electron chi connectivity index (χ0n) is 16.9. The van der Waals surface area contributed by atoms with Crippen molar-refractivity contribution < 1.29 is 9.21 Å². The molecule has 0 saturated heterocycles. The molecule has 1 aromatic heterocycles. The van der Waals surface area contributed by atoms with Crippen molar-refractivity contribution in [3.8, 4) is 11.5 Å². The fourth-order valence-corrected chi connectivity index (χ4v) is 3.24. The monoisotopic (exact) mass is 384 g/mol. The van der Waals surface area contributed by atoms with E-state index in [0.717, 1.165) is 27.9 Å². The normalized spacial score (nSPS) is 11.6. The van der Waals surface area contributed by atoms with Crippen molar-refractivity contribution in [2.24, 2.45) is 0 Å². The number of rotatable bonds is 4. The minimum absolute atomic E-state index is 0.0526. The van der Waals surface area contributed by atoms with Gasteiger partial charge < -0.3 is 9.73 Å². The number of hydrogen-bond donors (Lipinski definition) is 1. The van der Waals surface area contributed by atoms with E-state index < -0.39 is 0 Å². The third kappa shape index (κ3) is 4.37. The van der Waals surface area contributed by atoms with Crippen molar-refractivity contribution in [3.05, 3.63) is 83.9 Å². The van der Waals surface area contributed by atoms with Crippen LogP contribution in [0.5, 0.6) is 0 Å². The maximum atomic E-state index is 12.5. The van der Waals surface area contributed by atoms with Gasteiger partial charge in [-0.2, -0.15) is 0 Å². The Kier molecular flexibility index (Phi) is 4.93. The van der Waals surface area contributed by atoms with E-state index in [-0.39, 0.29) is 11.3 Å². The highest BCUT2D eigenvalue weighted by Crippen LogP contribution is 2.26. The maximum absolute atomic E-state index is 12.5. The number of oxazole rings is 1. The minimum atomic E-state index is -0.0526. The molecule has 1 amide bonds. The fourth-order valence-electron chi connectivity index (χ4n) is 3.24. The van der Waals surface area contributed by atoms with Crippen LogP contribution in [0.2, 0.25) is 0 Å². The summed E-state index contributed by atoms with van der Waals surface area (Å²) in [7, 11) is 0. The van der Waals surface area contributed by atoms with E-state index in [4.69, 9.17) is 4.42 Å². The van der Waals surface area contributed by atoms with Gasteiger partial charge in [-0.25, -0.2) is 4.98 Å². The number of anilines is 1. The summed E-state index contributed by atoms with van der Waals surface area (Å²) in [6, 6.07) is 23.4. The number of carbonyl (C=O) groups is 1. The molecule has 0 aliphatic rings. The Balaban J connectivity index is 1.47. The van der Waals surface area contributed by atoms with E-state index in [9.17, 15) is 4.79 Å². The van der Waals surface area contributed by atoms with Gasteiger partial charge in [0.1, 0.15) is 5.52 Å². The molecular formula is C25H24N2O2. The van der Waals surface area contributed by atoms with E-state index in [2.05, 4.69) is 43.2 Å². The van der Waals surface area contributed by atoms with Gasteiger partial charge in [0.05, 0.1) is 6.42 Å². The van der Waals surface area contributed by atoms with Gasteiger partial charge in [-0.05, 0) is 46.9 Å². The summed E-state index contributed by atoms with van der Waals surface area (Å²) in [5.74, 6) is 0.489. The van der Waals surface area contributed by atoms with Crippen LogP contribution >= 0.6 is 0 Å². The van der Waals surface area contributed by atoms with Crippen molar-refractivity contribution in [1.29, 1.82) is 0 Å². The first-order chi connectivity index (χ1) is 13.9. The zero-order chi connectivity index (χ0) is 20.4. The average molecular weight is 384 g/mol. The number of carbonyl (C=O) groups excluding carboxylic acids is 1. The molecule has 0 unspecified atom stereocenters. The predicted octanol–water partition coefficient (Wildman–Crippen LogP) is 5.97. The molecule has 0 aliphatic carbocycles. The number of nitrogens with one attached hydrogen (secondary N) is 1. The molecule has 0 radical (unpaired) electrons. The lowest BCUT2D eigenvalue weighted by Gasteiger charge is -2.19. The van der Waals surface area contributed by atoms with Gasteiger partial charge in [0.15, 0.2) is 5.58 Å². The van der Waals surface area contributed by atoms with Gasteiger partial charge in [-0.15, -0.1) is 0 Å². The highest BCUT2D eigenvalue weighted by molar-refractivity contribution is 5.93. The van der Waals surface area contributed by atoms with Crippen molar-refractivity contribution >= 4 is 22.7 Å². The molecule has 0 fully saturated rings. The summed E-state index contributed by atoms with van der Waals surface area (Å²) in [5, 5.41) is 2.97. The first-order valence-corrected chi connectivity index (χ1v) is 9.74. The SMILES string of the molecule is CC(C)(C)c1ccc(CC(=O)Nc2cccc(-c3nc4ccccc4o3)c2)cc1. The Hall–Kier alpha value is -3.40. The Morgan fingerprint density at radius 2 is 1.72 bits per heavy atom. The molecule has 0 saturated carbocycles. The van der Waals surface area contributed by atoms with Crippen molar-refractivity contribution in [2.75, 3.05) is 5.32 Å². The average Bonchev–Trinajstić information content (AvgIpc) is 3.12. The van der Waals surface area contributed by atoms with Gasteiger partial charge in [0, 0.05) is 11.3 Å². The van der Waals surface area contributed by atoms with Crippen LogP contribution < -0.4 is 5.32 Å². The summed E-state index contributed by atoms with van der Waals surface area (Å²) in [5.41, 5.74) is 5.46. The van der Waals surface area contributed by atoms with Crippen LogP contribution in [0.4, 0.5) is 5.69 Å². The van der Waals surface area contributed by atoms with Crippen molar-refractivity contribution in [1.82, 2.24) is 4.98 Å². The smallest absolute Gasteiger partial charge is 0.228 e. The van der Waals surface area contributed by atoms with Crippen molar-refractivity contribution in [3.63, 3.8) is 0 Å². The van der Waals surface area contributed by atoms with Crippen LogP contribution in [0.3, 0.4) is 0 Å². The van der Waals surface area contributed by atoms with Crippen LogP contribution in [0.1, 0.15) is 31.9 Å². The van der Waals surface area contributed by atoms with Crippen LogP contribution in [0.15, 0.2) is 77.2 Å². The van der Waals surface area contributed by atoms with E-state index in [0.29, 0.717) is 12.3 Å². The molecular weight excluding hydrogens is 360 g/mol. The number of aromatic nitrogens is 1. The molecule has 146 valence electrons. The topological polar surface area (TPSA) is 55.1 Å². The van der Waals surface area contributed by atoms with Crippen LogP contribution in [0, 0.1) is 0 Å². The standard InChI is InChI=1S/C25H24N2O2/c1-25(2,3)19-13-11-17(12-14-19)15-23(28)26-20-8-6-7-18(16-20)24-27-21-9-4-5-10-22(21)29-24/h4-14,16H,15H2,1-3H3,(H,26,28). The van der Waals surface area contributed by atoms with Gasteiger partial charge >= 0.3 is 0 Å². The lowest BCUT2D eigenvalue weighted by molar-refractivity contribution is -0.115. The summed E-state index contributed by atoms with van der Waals surface area (Å²) < 4.78 is 5.82. The molecule has 3 aromatic carbocycles. The van der Waals surface area contributed by atoms with Gasteiger partial charge in [0.25, 0.3) is 0 Å². The first-order valence-electron chi connectivity index (χ1n) is 9.74. The second-order valence-corrected chi connectivity index (χ2v) is 8.24. The highest BCUT2D eigenvalue weighted by atomic mass is 16.3. The third-order valence-corrected chi connectivity index (χ3v) is 4.87. The van der Waals surface area contributed by atoms with Gasteiger partial charge in [0.2, 0.25) is 11.8 Å². The lowest BCUT2D eigenvalue weighted by atomic mass is 9.86. The van der Waals surface area contributed by atoms with Crippen LogP contribution in [-0.4, -0.2) is 10.9 Å². The van der Waals surface area contributed by atoms with E-state index in [1.54, 1.807) is 0 Å². The molecule has 4 nitrogen and oxygen atoms in total. The second-order valence-electron chi connectivity index (χ2n) is 8.24. The number of benzene rings is 3. The van der Waals surface area contributed by atoms with E-state index >= 15 is 0 Å². The third-order valence-electron chi connectivity index (χ3n) is 4.87. The Morgan fingerprint density at radius 1 is 0.966 bits per heavy atom. The molecule has 4 aromatic rings. The van der Waals surface area contributed by atoms with Crippen molar-refractivity contribution in [2.45, 2.75) is 32.6 Å². The molecule has 0 aliphatic heterocycles. The zero-order valence-corrected chi connectivity index (χ0v) is 16.9. The van der Waals surface area contributed by atoms with Gasteiger partial charge in [-0.3, -0.25) is 4.79 Å². The minimum Gasteiger partial charge on any atom is -0.436 e. The molecule has 0 bridgehead atoms. The van der Waals surface area contributed by atoms with Crippen LogP contribution in [-0.2, 0) is 16.6 Å². The quantitative estimate of drug-likeness (QED) is 0.471. The number of hydrogen-bond acceptors (Lipinski definition) is 3. The summed E-state index contributed by atoms with van der Waals surface area (Å²) in [6.45, 7) is 6.54. The Bertz CT molecular complexity index is 1120. The number of para-hydroxylation sites is 2. The van der Waals surface area contributed by atoms with Crippen LogP contribution in [0.25, 0.3) is 22.6 Å². The summed E-state index contributed by atoms with van der Waals surface area (Å²) in [6.07, 6.45) is 0.331. The van der Waals surface area contributed by atoms with E-state index in [1.165, 1.54) is 5.56 Å².